The highest BCUT2D eigenvalue weighted by atomic mass is 16.6. The molecular weight excluding hydrogens is 382 g/mol. The van der Waals surface area contributed by atoms with Crippen molar-refractivity contribution in [1.82, 2.24) is 9.55 Å². The number of ketones is 1. The van der Waals surface area contributed by atoms with Crippen molar-refractivity contribution in [2.45, 2.75) is 0 Å². The Kier molecular flexibility index (Phi) is 4.21. The molecule has 2 N–H and O–H groups in total. The lowest BCUT2D eigenvalue weighted by atomic mass is 10.0. The van der Waals surface area contributed by atoms with E-state index in [1.807, 2.05) is 16.7 Å². The summed E-state index contributed by atoms with van der Waals surface area (Å²) >= 11 is 0. The predicted octanol–water partition coefficient (Wildman–Crippen LogP) is 3.13. The van der Waals surface area contributed by atoms with Crippen molar-refractivity contribution in [1.29, 1.82) is 0 Å². The van der Waals surface area contributed by atoms with Gasteiger partial charge in [0.2, 0.25) is 5.91 Å². The van der Waals surface area contributed by atoms with E-state index >= 15 is 0 Å². The largest absolute Gasteiger partial charge is 0.486 e. The van der Waals surface area contributed by atoms with Gasteiger partial charge in [-0.3, -0.25) is 14.2 Å². The maximum Gasteiger partial charge on any atom is 0.248 e. The number of primary amides is 1. The average Bonchev–Trinajstić information content (AvgIpc) is 3.21. The quantitative estimate of drug-likeness (QED) is 0.532. The van der Waals surface area contributed by atoms with Gasteiger partial charge in [-0.2, -0.15) is 0 Å². The molecule has 0 unspecified atom stereocenters. The fraction of sp³-hybridized carbons (Fsp3) is 0.0870. The summed E-state index contributed by atoms with van der Waals surface area (Å²) in [5, 5.41) is 0. The number of aromatic nitrogens is 2. The minimum Gasteiger partial charge on any atom is -0.486 e. The van der Waals surface area contributed by atoms with Crippen molar-refractivity contribution in [3.63, 3.8) is 0 Å². The van der Waals surface area contributed by atoms with Crippen LogP contribution in [0.4, 0.5) is 0 Å². The van der Waals surface area contributed by atoms with Crippen LogP contribution in [0.25, 0.3) is 16.7 Å². The number of benzene rings is 3. The van der Waals surface area contributed by atoms with Crippen LogP contribution < -0.4 is 15.2 Å². The summed E-state index contributed by atoms with van der Waals surface area (Å²) < 4.78 is 13.0. The lowest BCUT2D eigenvalue weighted by Crippen LogP contribution is -2.15. The van der Waals surface area contributed by atoms with Gasteiger partial charge in [-0.05, 0) is 60.7 Å². The van der Waals surface area contributed by atoms with E-state index < -0.39 is 5.91 Å². The first kappa shape index (κ1) is 17.9. The zero-order valence-corrected chi connectivity index (χ0v) is 15.9. The molecule has 0 radical (unpaired) electrons. The SMILES string of the molecule is NC(=O)c1ccc2c(c1)ncn2-c1ccc(C(=O)c2ccc3c(c2)OCCO3)cc1. The maximum atomic E-state index is 12.9. The summed E-state index contributed by atoms with van der Waals surface area (Å²) in [7, 11) is 0. The number of hydrogen-bond acceptors (Lipinski definition) is 5. The smallest absolute Gasteiger partial charge is 0.248 e. The second-order valence-corrected chi connectivity index (χ2v) is 6.92. The molecule has 0 atom stereocenters. The average molecular weight is 399 g/mol. The van der Waals surface area contributed by atoms with Crippen LogP contribution in [-0.2, 0) is 0 Å². The van der Waals surface area contributed by atoms with Gasteiger partial charge in [0.25, 0.3) is 0 Å². The summed E-state index contributed by atoms with van der Waals surface area (Å²) in [6.07, 6.45) is 1.67. The molecule has 0 aliphatic carbocycles. The third kappa shape index (κ3) is 3.06. The third-order valence-electron chi connectivity index (χ3n) is 5.04. The fourth-order valence-corrected chi connectivity index (χ4v) is 3.50. The van der Waals surface area contributed by atoms with Gasteiger partial charge in [-0.25, -0.2) is 4.98 Å². The Balaban J connectivity index is 1.44. The molecule has 148 valence electrons. The number of fused-ring (bicyclic) bond motifs is 2. The zero-order chi connectivity index (χ0) is 20.7. The molecule has 30 heavy (non-hydrogen) atoms. The van der Waals surface area contributed by atoms with Gasteiger partial charge in [0.1, 0.15) is 19.5 Å². The van der Waals surface area contributed by atoms with Gasteiger partial charge >= 0.3 is 0 Å². The molecular formula is C23H17N3O4. The summed E-state index contributed by atoms with van der Waals surface area (Å²) in [4.78, 5) is 28.6. The van der Waals surface area contributed by atoms with Crippen molar-refractivity contribution < 1.29 is 19.1 Å². The molecule has 0 saturated carbocycles. The van der Waals surface area contributed by atoms with Crippen LogP contribution in [0.2, 0.25) is 0 Å². The standard InChI is InChI=1S/C23H17N3O4/c24-23(28)16-3-7-19-18(11-16)25-13-26(19)17-5-1-14(2-6-17)22(27)15-4-8-20-21(12-15)30-10-9-29-20/h1-8,11-13H,9-10H2,(H2,24,28). The van der Waals surface area contributed by atoms with Gasteiger partial charge in [0.05, 0.1) is 11.0 Å². The van der Waals surface area contributed by atoms with E-state index in [9.17, 15) is 9.59 Å². The predicted molar refractivity (Wildman–Crippen MR) is 110 cm³/mol. The molecule has 0 saturated heterocycles. The van der Waals surface area contributed by atoms with E-state index in [1.54, 1.807) is 54.9 Å². The topological polar surface area (TPSA) is 96.4 Å². The number of nitrogens with two attached hydrogens (primary N) is 1. The van der Waals surface area contributed by atoms with Gasteiger partial charge in [-0.15, -0.1) is 0 Å². The number of carbonyl (C=O) groups is 2. The van der Waals surface area contributed by atoms with Crippen LogP contribution in [0.3, 0.4) is 0 Å². The zero-order valence-electron chi connectivity index (χ0n) is 15.9. The second kappa shape index (κ2) is 7.04. The Morgan fingerprint density at radius 1 is 0.833 bits per heavy atom. The van der Waals surface area contributed by atoms with Crippen molar-refractivity contribution in [2.24, 2.45) is 5.73 Å². The van der Waals surface area contributed by atoms with Crippen LogP contribution in [0, 0.1) is 0 Å². The summed E-state index contributed by atoms with van der Waals surface area (Å²) in [5.74, 6) is 0.650. The Labute approximate surface area is 171 Å². The summed E-state index contributed by atoms with van der Waals surface area (Å²) in [6.45, 7) is 0.980. The minimum absolute atomic E-state index is 0.0971. The Morgan fingerprint density at radius 2 is 1.53 bits per heavy atom. The van der Waals surface area contributed by atoms with Crippen LogP contribution in [-0.4, -0.2) is 34.5 Å². The lowest BCUT2D eigenvalue weighted by molar-refractivity contribution is 0.0998. The van der Waals surface area contributed by atoms with Crippen LogP contribution >= 0.6 is 0 Å². The normalized spacial score (nSPS) is 12.7. The molecule has 1 aliphatic heterocycles. The number of rotatable bonds is 4. The van der Waals surface area contributed by atoms with Crippen LogP contribution in [0.15, 0.2) is 67.0 Å². The Morgan fingerprint density at radius 3 is 2.30 bits per heavy atom. The Bertz CT molecular complexity index is 1290. The van der Waals surface area contributed by atoms with Gasteiger partial charge < -0.3 is 15.2 Å². The first-order valence-electron chi connectivity index (χ1n) is 9.42. The highest BCUT2D eigenvalue weighted by Gasteiger charge is 2.16. The lowest BCUT2D eigenvalue weighted by Gasteiger charge is -2.18. The summed E-state index contributed by atoms with van der Waals surface area (Å²) in [5.41, 5.74) is 9.21. The van der Waals surface area contributed by atoms with Gasteiger partial charge in [0, 0.05) is 22.4 Å². The monoisotopic (exact) mass is 399 g/mol. The van der Waals surface area contributed by atoms with Crippen molar-refractivity contribution >= 4 is 22.7 Å². The molecule has 1 aromatic heterocycles. The number of nitrogens with zero attached hydrogens (tertiary/aromatic N) is 2. The van der Waals surface area contributed by atoms with Crippen molar-refractivity contribution in [3.05, 3.63) is 83.7 Å². The van der Waals surface area contributed by atoms with Crippen LogP contribution in [0.5, 0.6) is 11.5 Å². The third-order valence-corrected chi connectivity index (χ3v) is 5.04. The molecule has 7 heteroatoms. The van der Waals surface area contributed by atoms with E-state index in [0.29, 0.717) is 46.9 Å². The van der Waals surface area contributed by atoms with E-state index in [2.05, 4.69) is 4.98 Å². The van der Waals surface area contributed by atoms with Crippen LogP contribution in [0.1, 0.15) is 26.3 Å². The molecule has 5 rings (SSSR count). The molecule has 3 aromatic carbocycles. The number of carbonyl (C=O) groups excluding carboxylic acids is 2. The van der Waals surface area contributed by atoms with E-state index in [1.165, 1.54) is 0 Å². The molecule has 4 aromatic rings. The van der Waals surface area contributed by atoms with Crippen molar-refractivity contribution in [2.75, 3.05) is 13.2 Å². The first-order chi connectivity index (χ1) is 14.6. The van der Waals surface area contributed by atoms with Crippen molar-refractivity contribution in [3.8, 4) is 17.2 Å². The molecule has 0 spiro atoms. The second-order valence-electron chi connectivity index (χ2n) is 6.92. The highest BCUT2D eigenvalue weighted by molar-refractivity contribution is 6.09. The number of amides is 1. The highest BCUT2D eigenvalue weighted by Crippen LogP contribution is 2.31. The molecule has 1 amide bonds. The fourth-order valence-electron chi connectivity index (χ4n) is 3.50. The molecule has 0 fully saturated rings. The number of imidazole rings is 1. The maximum absolute atomic E-state index is 12.9. The Hall–Kier alpha value is -4.13. The summed E-state index contributed by atoms with van der Waals surface area (Å²) in [6, 6.07) is 17.6. The first-order valence-corrected chi connectivity index (χ1v) is 9.42. The molecule has 7 nitrogen and oxygen atoms in total. The van der Waals surface area contributed by atoms with E-state index in [0.717, 1.165) is 11.2 Å². The number of ether oxygens (including phenoxy) is 2. The molecule has 1 aliphatic rings. The number of hydrogen-bond donors (Lipinski definition) is 1. The minimum atomic E-state index is -0.492. The van der Waals surface area contributed by atoms with E-state index in [4.69, 9.17) is 15.2 Å². The van der Waals surface area contributed by atoms with Gasteiger partial charge in [0.15, 0.2) is 17.3 Å². The van der Waals surface area contributed by atoms with E-state index in [-0.39, 0.29) is 5.78 Å². The molecule has 2 heterocycles. The molecule has 0 bridgehead atoms. The van der Waals surface area contributed by atoms with Gasteiger partial charge in [-0.1, -0.05) is 0 Å².